The van der Waals surface area contributed by atoms with Crippen LogP contribution in [0.5, 0.6) is 0 Å². The Morgan fingerprint density at radius 1 is 1.29 bits per heavy atom. The molecule has 24 heavy (non-hydrogen) atoms. The highest BCUT2D eigenvalue weighted by atomic mass is 16.6. The second-order valence-corrected chi connectivity index (χ2v) is 7.38. The quantitative estimate of drug-likeness (QED) is 0.868. The molecule has 0 radical (unpaired) electrons. The van der Waals surface area contributed by atoms with Crippen LogP contribution in [0.25, 0.3) is 0 Å². The summed E-state index contributed by atoms with van der Waals surface area (Å²) in [7, 11) is 0. The van der Waals surface area contributed by atoms with Gasteiger partial charge in [0.25, 0.3) is 0 Å². The van der Waals surface area contributed by atoms with Crippen LogP contribution in [0.1, 0.15) is 51.6 Å². The van der Waals surface area contributed by atoms with Gasteiger partial charge in [0.05, 0.1) is 0 Å². The summed E-state index contributed by atoms with van der Waals surface area (Å²) >= 11 is 0. The number of rotatable bonds is 5. The van der Waals surface area contributed by atoms with Gasteiger partial charge in [-0.2, -0.15) is 0 Å². The number of nitrogens with one attached hydrogen (secondary N) is 1. The van der Waals surface area contributed by atoms with Crippen molar-refractivity contribution in [2.45, 2.75) is 57.7 Å². The molecule has 0 saturated carbocycles. The molecule has 1 aliphatic heterocycles. The molecule has 1 aromatic rings. The molecule has 5 nitrogen and oxygen atoms in total. The molecule has 0 bridgehead atoms. The highest BCUT2D eigenvalue weighted by molar-refractivity contribution is 5.68. The molecule has 0 spiro atoms. The van der Waals surface area contributed by atoms with E-state index < -0.39 is 5.60 Å². The molecular formula is C19H30N2O3. The van der Waals surface area contributed by atoms with E-state index in [-0.39, 0.29) is 18.7 Å². The van der Waals surface area contributed by atoms with Crippen LogP contribution in [0, 0.1) is 0 Å². The molecule has 2 rings (SSSR count). The van der Waals surface area contributed by atoms with E-state index in [4.69, 9.17) is 4.74 Å². The van der Waals surface area contributed by atoms with Gasteiger partial charge in [0.1, 0.15) is 5.60 Å². The minimum absolute atomic E-state index is 0.147. The van der Waals surface area contributed by atoms with Crippen LogP contribution in [-0.4, -0.2) is 47.4 Å². The van der Waals surface area contributed by atoms with E-state index in [2.05, 4.69) is 17.4 Å². The molecule has 1 aromatic carbocycles. The van der Waals surface area contributed by atoms with Crippen LogP contribution in [0.4, 0.5) is 4.79 Å². The van der Waals surface area contributed by atoms with Gasteiger partial charge in [0.15, 0.2) is 0 Å². The Labute approximate surface area is 145 Å². The zero-order valence-electron chi connectivity index (χ0n) is 15.0. The van der Waals surface area contributed by atoms with E-state index >= 15 is 0 Å². The summed E-state index contributed by atoms with van der Waals surface area (Å²) in [5, 5.41) is 13.0. The summed E-state index contributed by atoms with van der Waals surface area (Å²) in [6, 6.07) is 10.7. The molecule has 5 heteroatoms. The van der Waals surface area contributed by atoms with Crippen molar-refractivity contribution in [2.75, 3.05) is 19.7 Å². The van der Waals surface area contributed by atoms with Gasteiger partial charge >= 0.3 is 6.09 Å². The summed E-state index contributed by atoms with van der Waals surface area (Å²) in [4.78, 5) is 13.9. The van der Waals surface area contributed by atoms with Gasteiger partial charge in [-0.1, -0.05) is 30.3 Å². The fourth-order valence-electron chi connectivity index (χ4n) is 3.00. The first-order chi connectivity index (χ1) is 11.4. The molecule has 0 aliphatic carbocycles. The second kappa shape index (κ2) is 8.49. The van der Waals surface area contributed by atoms with E-state index in [0.717, 1.165) is 12.8 Å². The molecule has 1 fully saturated rings. The lowest BCUT2D eigenvalue weighted by Crippen LogP contribution is -2.47. The molecule has 1 heterocycles. The maximum absolute atomic E-state index is 12.1. The number of carbonyl (C=O) groups excluding carboxylic acids is 1. The fraction of sp³-hybridized carbons (Fsp3) is 0.632. The van der Waals surface area contributed by atoms with Crippen molar-refractivity contribution in [2.24, 2.45) is 0 Å². The number of carbonyl (C=O) groups is 1. The van der Waals surface area contributed by atoms with E-state index in [1.54, 1.807) is 4.90 Å². The zero-order chi connectivity index (χ0) is 17.6. The number of ether oxygens (including phenoxy) is 1. The van der Waals surface area contributed by atoms with Crippen molar-refractivity contribution in [1.82, 2.24) is 10.2 Å². The molecular weight excluding hydrogens is 304 g/mol. The number of hydrogen-bond donors (Lipinski definition) is 2. The van der Waals surface area contributed by atoms with Crippen LogP contribution in [-0.2, 0) is 4.74 Å². The first-order valence-electron chi connectivity index (χ1n) is 8.79. The number of aliphatic hydroxyl groups excluding tert-OH is 1. The highest BCUT2D eigenvalue weighted by Gasteiger charge is 2.27. The van der Waals surface area contributed by atoms with Gasteiger partial charge in [0, 0.05) is 31.8 Å². The van der Waals surface area contributed by atoms with Crippen LogP contribution in [0.15, 0.2) is 30.3 Å². The number of likely N-dealkylation sites (tertiary alicyclic amines) is 1. The van der Waals surface area contributed by atoms with Crippen molar-refractivity contribution in [3.05, 3.63) is 35.9 Å². The minimum Gasteiger partial charge on any atom is -0.444 e. The standard InChI is InChI=1S/C19H30N2O3/c1-19(2,3)24-18(23)21-12-9-16(10-13-21)20-17(11-14-22)15-7-5-4-6-8-15/h4-8,16-17,20,22H,9-14H2,1-3H3/t17-/m1/s1. The smallest absolute Gasteiger partial charge is 0.410 e. The Balaban J connectivity index is 1.86. The average Bonchev–Trinajstić information content (AvgIpc) is 2.54. The normalized spacial score (nSPS) is 17.6. The predicted octanol–water partition coefficient (Wildman–Crippen LogP) is 3.10. The number of hydrogen-bond acceptors (Lipinski definition) is 4. The molecule has 2 N–H and O–H groups in total. The maximum atomic E-state index is 12.1. The molecule has 0 unspecified atom stereocenters. The lowest BCUT2D eigenvalue weighted by Gasteiger charge is -2.35. The summed E-state index contributed by atoms with van der Waals surface area (Å²) in [6.07, 6.45) is 2.26. The predicted molar refractivity (Wildman–Crippen MR) is 94.9 cm³/mol. The Kier molecular flexibility index (Phi) is 6.63. The number of nitrogens with zero attached hydrogens (tertiary/aromatic N) is 1. The van der Waals surface area contributed by atoms with Crippen molar-refractivity contribution >= 4 is 6.09 Å². The van der Waals surface area contributed by atoms with Crippen LogP contribution in [0.3, 0.4) is 0 Å². The minimum atomic E-state index is -0.453. The lowest BCUT2D eigenvalue weighted by molar-refractivity contribution is 0.0195. The molecule has 1 aliphatic rings. The molecule has 1 amide bonds. The third-order valence-corrected chi connectivity index (χ3v) is 4.20. The number of piperidine rings is 1. The number of amides is 1. The van der Waals surface area contributed by atoms with Crippen molar-refractivity contribution in [3.63, 3.8) is 0 Å². The van der Waals surface area contributed by atoms with Gasteiger partial charge < -0.3 is 20.1 Å². The Morgan fingerprint density at radius 3 is 2.46 bits per heavy atom. The fourth-order valence-corrected chi connectivity index (χ4v) is 3.00. The van der Waals surface area contributed by atoms with Gasteiger partial charge in [0.2, 0.25) is 0 Å². The van der Waals surface area contributed by atoms with Gasteiger partial charge in [-0.15, -0.1) is 0 Å². The van der Waals surface area contributed by atoms with Crippen LogP contribution in [0.2, 0.25) is 0 Å². The van der Waals surface area contributed by atoms with Crippen molar-refractivity contribution in [1.29, 1.82) is 0 Å². The summed E-state index contributed by atoms with van der Waals surface area (Å²) in [5.74, 6) is 0. The Morgan fingerprint density at radius 2 is 1.92 bits per heavy atom. The average molecular weight is 334 g/mol. The van der Waals surface area contributed by atoms with E-state index in [1.165, 1.54) is 5.56 Å². The largest absolute Gasteiger partial charge is 0.444 e. The molecule has 1 atom stereocenters. The van der Waals surface area contributed by atoms with Crippen molar-refractivity contribution < 1.29 is 14.6 Å². The summed E-state index contributed by atoms with van der Waals surface area (Å²) < 4.78 is 5.43. The highest BCUT2D eigenvalue weighted by Crippen LogP contribution is 2.21. The van der Waals surface area contributed by atoms with E-state index in [9.17, 15) is 9.90 Å². The third kappa shape index (κ3) is 5.80. The van der Waals surface area contributed by atoms with Gasteiger partial charge in [-0.3, -0.25) is 0 Å². The Hall–Kier alpha value is -1.59. The van der Waals surface area contributed by atoms with Gasteiger partial charge in [-0.25, -0.2) is 4.79 Å². The number of benzene rings is 1. The first kappa shape index (κ1) is 18.7. The SMILES string of the molecule is CC(C)(C)OC(=O)N1CCC(N[C@H](CCO)c2ccccc2)CC1. The third-order valence-electron chi connectivity index (χ3n) is 4.20. The first-order valence-corrected chi connectivity index (χ1v) is 8.79. The summed E-state index contributed by atoms with van der Waals surface area (Å²) in [5.41, 5.74) is 0.743. The van der Waals surface area contributed by atoms with E-state index in [1.807, 2.05) is 39.0 Å². The maximum Gasteiger partial charge on any atom is 0.410 e. The van der Waals surface area contributed by atoms with Crippen molar-refractivity contribution in [3.8, 4) is 0 Å². The lowest BCUT2D eigenvalue weighted by atomic mass is 9.99. The Bertz CT molecular complexity index is 505. The van der Waals surface area contributed by atoms with Gasteiger partial charge in [-0.05, 0) is 45.6 Å². The van der Waals surface area contributed by atoms with E-state index in [0.29, 0.717) is 25.6 Å². The molecule has 134 valence electrons. The summed E-state index contributed by atoms with van der Waals surface area (Å²) in [6.45, 7) is 7.22. The second-order valence-electron chi connectivity index (χ2n) is 7.38. The van der Waals surface area contributed by atoms with Crippen LogP contribution >= 0.6 is 0 Å². The topological polar surface area (TPSA) is 61.8 Å². The zero-order valence-corrected chi connectivity index (χ0v) is 15.0. The number of aliphatic hydroxyl groups is 1. The molecule has 1 saturated heterocycles. The monoisotopic (exact) mass is 334 g/mol. The van der Waals surface area contributed by atoms with Crippen LogP contribution < -0.4 is 5.32 Å². The molecule has 0 aromatic heterocycles.